The largest absolute Gasteiger partial charge is 0.497 e. The van der Waals surface area contributed by atoms with E-state index >= 15 is 0 Å². The van der Waals surface area contributed by atoms with Gasteiger partial charge in [0, 0.05) is 19.2 Å². The Hall–Kier alpha value is -2.78. The molecule has 8 nitrogen and oxygen atoms in total. The number of benzene rings is 2. The molecular formula is C22H28N2O6S. The number of nitrogens with zero attached hydrogens (tertiary/aromatic N) is 1. The van der Waals surface area contributed by atoms with E-state index in [0.717, 1.165) is 5.56 Å². The molecule has 0 unspecified atom stereocenters. The Bertz CT molecular complexity index is 1050. The number of hydrogen-bond acceptors (Lipinski definition) is 6. The summed E-state index contributed by atoms with van der Waals surface area (Å²) < 4.78 is 43.6. The summed E-state index contributed by atoms with van der Waals surface area (Å²) in [7, 11) is 0.742. The van der Waals surface area contributed by atoms with Crippen LogP contribution >= 0.6 is 0 Å². The van der Waals surface area contributed by atoms with E-state index in [2.05, 4.69) is 5.32 Å². The average Bonchev–Trinajstić information content (AvgIpc) is 3.28. The van der Waals surface area contributed by atoms with Gasteiger partial charge in [-0.15, -0.1) is 0 Å². The van der Waals surface area contributed by atoms with Gasteiger partial charge >= 0.3 is 0 Å². The van der Waals surface area contributed by atoms with Crippen molar-refractivity contribution < 1.29 is 27.4 Å². The number of rotatable bonds is 8. The Balaban J connectivity index is 1.76. The van der Waals surface area contributed by atoms with Crippen molar-refractivity contribution in [3.8, 4) is 17.2 Å². The van der Waals surface area contributed by atoms with Crippen molar-refractivity contribution >= 4 is 15.9 Å². The van der Waals surface area contributed by atoms with E-state index in [-0.39, 0.29) is 17.3 Å². The molecule has 1 saturated heterocycles. The fourth-order valence-electron chi connectivity index (χ4n) is 3.70. The molecular weight excluding hydrogens is 420 g/mol. The average molecular weight is 449 g/mol. The lowest BCUT2D eigenvalue weighted by Crippen LogP contribution is -2.45. The van der Waals surface area contributed by atoms with Crippen molar-refractivity contribution in [3.63, 3.8) is 0 Å². The van der Waals surface area contributed by atoms with Crippen molar-refractivity contribution in [2.24, 2.45) is 0 Å². The van der Waals surface area contributed by atoms with Gasteiger partial charge in [0.25, 0.3) is 0 Å². The van der Waals surface area contributed by atoms with Crippen LogP contribution in [-0.4, -0.2) is 52.5 Å². The maximum atomic E-state index is 13.3. The lowest BCUT2D eigenvalue weighted by Gasteiger charge is -2.24. The standard InChI is InChI=1S/C22H28N2O6S/c1-15-7-9-17(28-2)13-21(15)31(26,27)24-11-5-6-18(24)22(25)23-14-16-8-10-19(29-3)20(12-16)30-4/h7-10,12-13,18H,5-6,11,14H2,1-4H3,(H,23,25)/t18-/m1/s1. The van der Waals surface area contributed by atoms with E-state index in [1.807, 2.05) is 6.07 Å². The summed E-state index contributed by atoms with van der Waals surface area (Å²) in [6.07, 6.45) is 1.09. The zero-order valence-corrected chi connectivity index (χ0v) is 19.0. The van der Waals surface area contributed by atoms with E-state index < -0.39 is 16.1 Å². The van der Waals surface area contributed by atoms with Gasteiger partial charge < -0.3 is 19.5 Å². The molecule has 1 heterocycles. The van der Waals surface area contributed by atoms with Crippen LogP contribution in [-0.2, 0) is 21.4 Å². The van der Waals surface area contributed by atoms with E-state index in [1.54, 1.807) is 45.4 Å². The summed E-state index contributed by atoms with van der Waals surface area (Å²) in [6.45, 7) is 2.28. The Morgan fingerprint density at radius 1 is 1.06 bits per heavy atom. The fourth-order valence-corrected chi connectivity index (χ4v) is 5.60. The number of carbonyl (C=O) groups is 1. The third kappa shape index (κ3) is 4.77. The molecule has 0 bridgehead atoms. The van der Waals surface area contributed by atoms with Gasteiger partial charge in [0.2, 0.25) is 15.9 Å². The van der Waals surface area contributed by atoms with E-state index in [1.165, 1.54) is 17.5 Å². The predicted octanol–water partition coefficient (Wildman–Crippen LogP) is 2.49. The molecule has 1 amide bonds. The lowest BCUT2D eigenvalue weighted by atomic mass is 10.1. The SMILES string of the molecule is COc1ccc(C)c(S(=O)(=O)N2CCC[C@@H]2C(=O)NCc2ccc(OC)c(OC)c2)c1. The van der Waals surface area contributed by atoms with E-state index in [4.69, 9.17) is 14.2 Å². The summed E-state index contributed by atoms with van der Waals surface area (Å²) >= 11 is 0. The van der Waals surface area contributed by atoms with Gasteiger partial charge in [0.15, 0.2) is 11.5 Å². The van der Waals surface area contributed by atoms with Gasteiger partial charge in [-0.1, -0.05) is 12.1 Å². The lowest BCUT2D eigenvalue weighted by molar-refractivity contribution is -0.124. The van der Waals surface area contributed by atoms with Gasteiger partial charge in [0.05, 0.1) is 26.2 Å². The van der Waals surface area contributed by atoms with Crippen molar-refractivity contribution in [1.82, 2.24) is 9.62 Å². The molecule has 2 aromatic rings. The van der Waals surface area contributed by atoms with E-state index in [0.29, 0.717) is 42.2 Å². The van der Waals surface area contributed by atoms with Crippen LogP contribution in [0.3, 0.4) is 0 Å². The Kier molecular flexibility index (Phi) is 7.07. The highest BCUT2D eigenvalue weighted by Crippen LogP contribution is 2.31. The number of methoxy groups -OCH3 is 3. The second kappa shape index (κ2) is 9.57. The minimum Gasteiger partial charge on any atom is -0.497 e. The first kappa shape index (κ1) is 22.9. The molecule has 0 radical (unpaired) electrons. The Labute approximate surface area is 183 Å². The molecule has 0 aliphatic carbocycles. The molecule has 1 aliphatic heterocycles. The molecule has 0 aromatic heterocycles. The molecule has 31 heavy (non-hydrogen) atoms. The molecule has 1 atom stereocenters. The number of aryl methyl sites for hydroxylation is 1. The summed E-state index contributed by atoms with van der Waals surface area (Å²) in [5.41, 5.74) is 1.43. The molecule has 3 rings (SSSR count). The first-order chi connectivity index (χ1) is 14.8. The Morgan fingerprint density at radius 2 is 1.81 bits per heavy atom. The van der Waals surface area contributed by atoms with E-state index in [9.17, 15) is 13.2 Å². The van der Waals surface area contributed by atoms with Crippen LogP contribution in [0.4, 0.5) is 0 Å². The first-order valence-electron chi connectivity index (χ1n) is 9.97. The van der Waals surface area contributed by atoms with Crippen LogP contribution in [0.25, 0.3) is 0 Å². The summed E-state index contributed by atoms with van der Waals surface area (Å²) in [5, 5.41) is 2.85. The van der Waals surface area contributed by atoms with Crippen molar-refractivity contribution in [3.05, 3.63) is 47.5 Å². The highest BCUT2D eigenvalue weighted by Gasteiger charge is 2.40. The second-order valence-corrected chi connectivity index (χ2v) is 9.17. The smallest absolute Gasteiger partial charge is 0.244 e. The minimum absolute atomic E-state index is 0.159. The monoisotopic (exact) mass is 448 g/mol. The molecule has 0 saturated carbocycles. The van der Waals surface area contributed by atoms with Crippen LogP contribution in [0.2, 0.25) is 0 Å². The second-order valence-electron chi connectivity index (χ2n) is 7.31. The van der Waals surface area contributed by atoms with Gasteiger partial charge in [0.1, 0.15) is 11.8 Å². The fraction of sp³-hybridized carbons (Fsp3) is 0.409. The normalized spacial score (nSPS) is 16.7. The number of ether oxygens (including phenoxy) is 3. The topological polar surface area (TPSA) is 94.2 Å². The molecule has 0 spiro atoms. The minimum atomic E-state index is -3.84. The van der Waals surface area contributed by atoms with Crippen LogP contribution in [0.5, 0.6) is 17.2 Å². The summed E-state index contributed by atoms with van der Waals surface area (Å²) in [5.74, 6) is 1.29. The van der Waals surface area contributed by atoms with Crippen molar-refractivity contribution in [2.75, 3.05) is 27.9 Å². The maximum Gasteiger partial charge on any atom is 0.244 e. The van der Waals surface area contributed by atoms with Crippen molar-refractivity contribution in [2.45, 2.75) is 37.2 Å². The number of amides is 1. The summed E-state index contributed by atoms with van der Waals surface area (Å²) in [4.78, 5) is 13.1. The molecule has 9 heteroatoms. The third-order valence-electron chi connectivity index (χ3n) is 5.40. The highest BCUT2D eigenvalue weighted by atomic mass is 32.2. The zero-order valence-electron chi connectivity index (χ0n) is 18.2. The van der Waals surface area contributed by atoms with Crippen molar-refractivity contribution in [1.29, 1.82) is 0 Å². The van der Waals surface area contributed by atoms with Crippen LogP contribution in [0, 0.1) is 6.92 Å². The number of hydrogen-bond donors (Lipinski definition) is 1. The first-order valence-corrected chi connectivity index (χ1v) is 11.4. The molecule has 2 aromatic carbocycles. The maximum absolute atomic E-state index is 13.3. The highest BCUT2D eigenvalue weighted by molar-refractivity contribution is 7.89. The van der Waals surface area contributed by atoms with Gasteiger partial charge in [-0.25, -0.2) is 8.42 Å². The predicted molar refractivity (Wildman–Crippen MR) is 116 cm³/mol. The van der Waals surface area contributed by atoms with Gasteiger partial charge in [-0.05, 0) is 49.1 Å². The zero-order chi connectivity index (χ0) is 22.6. The van der Waals surface area contributed by atoms with Crippen LogP contribution in [0.1, 0.15) is 24.0 Å². The van der Waals surface area contributed by atoms with Gasteiger partial charge in [-0.2, -0.15) is 4.31 Å². The molecule has 1 N–H and O–H groups in total. The molecule has 1 fully saturated rings. The number of sulfonamides is 1. The molecule has 1 aliphatic rings. The van der Waals surface area contributed by atoms with Crippen LogP contribution < -0.4 is 19.5 Å². The van der Waals surface area contributed by atoms with Crippen LogP contribution in [0.15, 0.2) is 41.3 Å². The third-order valence-corrected chi connectivity index (χ3v) is 7.45. The summed E-state index contributed by atoms with van der Waals surface area (Å²) in [6, 6.07) is 9.53. The number of carbonyl (C=O) groups excluding carboxylic acids is 1. The molecule has 168 valence electrons. The number of nitrogens with one attached hydrogen (secondary N) is 1. The Morgan fingerprint density at radius 3 is 2.48 bits per heavy atom. The quantitative estimate of drug-likeness (QED) is 0.667. The van der Waals surface area contributed by atoms with Gasteiger partial charge in [-0.3, -0.25) is 4.79 Å².